The molecule has 1 N–H and O–H groups in total. The molecular weight excluding hydrogens is 232 g/mol. The second-order valence-corrected chi connectivity index (χ2v) is 7.37. The van der Waals surface area contributed by atoms with Crippen molar-refractivity contribution >= 4 is 0 Å². The summed E-state index contributed by atoms with van der Waals surface area (Å²) in [6, 6.07) is 2.08. The molecule has 1 fully saturated rings. The minimum Gasteiger partial charge on any atom is -0.311 e. The average Bonchev–Trinajstić information content (AvgIpc) is 2.37. The number of rotatable bonds is 6. The van der Waals surface area contributed by atoms with E-state index in [0.29, 0.717) is 18.1 Å². The molecular formula is C17H36N2. The normalized spacial score (nSPS) is 28.9. The number of nitrogens with one attached hydrogen (secondary N) is 1. The minimum absolute atomic E-state index is 0.661. The van der Waals surface area contributed by atoms with E-state index in [1.54, 1.807) is 0 Å². The van der Waals surface area contributed by atoms with Gasteiger partial charge in [-0.15, -0.1) is 0 Å². The first kappa shape index (κ1) is 17.0. The van der Waals surface area contributed by atoms with Crippen LogP contribution in [0.4, 0.5) is 0 Å². The van der Waals surface area contributed by atoms with E-state index < -0.39 is 0 Å². The molecule has 0 radical (unpaired) electrons. The Morgan fingerprint density at radius 3 is 2.16 bits per heavy atom. The first-order valence-electron chi connectivity index (χ1n) is 8.35. The van der Waals surface area contributed by atoms with Crippen LogP contribution < -0.4 is 5.32 Å². The molecule has 0 aromatic carbocycles. The standard InChI is InChI=1S/C17H36N2/c1-8-14(6)9-15(7)19-11-16(12(2)3)18-10-17(19)13(4)5/h12-18H,8-11H2,1-7H3. The number of hydrogen-bond donors (Lipinski definition) is 1. The van der Waals surface area contributed by atoms with Crippen LogP contribution in [0.2, 0.25) is 0 Å². The minimum atomic E-state index is 0.661. The molecule has 0 spiro atoms. The van der Waals surface area contributed by atoms with Gasteiger partial charge in [-0.25, -0.2) is 0 Å². The van der Waals surface area contributed by atoms with Gasteiger partial charge in [-0.2, -0.15) is 0 Å². The van der Waals surface area contributed by atoms with Crippen molar-refractivity contribution in [3.05, 3.63) is 0 Å². The summed E-state index contributed by atoms with van der Waals surface area (Å²) in [4.78, 5) is 2.79. The van der Waals surface area contributed by atoms with Crippen LogP contribution in [0.5, 0.6) is 0 Å². The molecule has 1 rings (SSSR count). The van der Waals surface area contributed by atoms with Gasteiger partial charge in [0.2, 0.25) is 0 Å². The van der Waals surface area contributed by atoms with Gasteiger partial charge >= 0.3 is 0 Å². The molecule has 4 atom stereocenters. The Balaban J connectivity index is 2.70. The summed E-state index contributed by atoms with van der Waals surface area (Å²) in [6.45, 7) is 18.9. The van der Waals surface area contributed by atoms with E-state index in [1.807, 2.05) is 0 Å². The zero-order valence-electron chi connectivity index (χ0n) is 14.2. The van der Waals surface area contributed by atoms with Gasteiger partial charge in [-0.3, -0.25) is 4.90 Å². The largest absolute Gasteiger partial charge is 0.311 e. The van der Waals surface area contributed by atoms with Crippen LogP contribution in [-0.2, 0) is 0 Å². The summed E-state index contributed by atoms with van der Waals surface area (Å²) in [5.74, 6) is 2.31. The third-order valence-electron chi connectivity index (χ3n) is 5.00. The first-order valence-corrected chi connectivity index (χ1v) is 8.35. The monoisotopic (exact) mass is 268 g/mol. The van der Waals surface area contributed by atoms with Crippen molar-refractivity contribution in [2.45, 2.75) is 79.4 Å². The molecule has 0 saturated carbocycles. The summed E-state index contributed by atoms with van der Waals surface area (Å²) in [6.07, 6.45) is 2.64. The van der Waals surface area contributed by atoms with Crippen LogP contribution in [0.3, 0.4) is 0 Å². The van der Waals surface area contributed by atoms with E-state index in [4.69, 9.17) is 0 Å². The Kier molecular flexibility index (Phi) is 6.82. The van der Waals surface area contributed by atoms with Crippen molar-refractivity contribution < 1.29 is 0 Å². The maximum absolute atomic E-state index is 3.76. The Bertz CT molecular complexity index is 250. The lowest BCUT2D eigenvalue weighted by molar-refractivity contribution is 0.0431. The second kappa shape index (κ2) is 7.64. The maximum Gasteiger partial charge on any atom is 0.0247 e. The number of nitrogens with zero attached hydrogens (tertiary/aromatic N) is 1. The summed E-state index contributed by atoms with van der Waals surface area (Å²) in [5, 5.41) is 3.76. The van der Waals surface area contributed by atoms with Gasteiger partial charge in [0.25, 0.3) is 0 Å². The molecule has 1 saturated heterocycles. The third kappa shape index (κ3) is 4.75. The predicted octanol–water partition coefficient (Wildman–Crippen LogP) is 3.77. The third-order valence-corrected chi connectivity index (χ3v) is 5.00. The van der Waals surface area contributed by atoms with E-state index in [1.165, 1.54) is 19.4 Å². The predicted molar refractivity (Wildman–Crippen MR) is 85.5 cm³/mol. The molecule has 2 nitrogen and oxygen atoms in total. The highest BCUT2D eigenvalue weighted by atomic mass is 15.3. The Hall–Kier alpha value is -0.0800. The highest BCUT2D eigenvalue weighted by Gasteiger charge is 2.33. The van der Waals surface area contributed by atoms with Crippen molar-refractivity contribution in [3.8, 4) is 0 Å². The van der Waals surface area contributed by atoms with Crippen molar-refractivity contribution in [1.82, 2.24) is 10.2 Å². The molecule has 1 aliphatic heterocycles. The molecule has 1 aliphatic rings. The molecule has 0 aliphatic carbocycles. The number of piperazine rings is 1. The molecule has 0 aromatic rings. The zero-order valence-corrected chi connectivity index (χ0v) is 14.2. The lowest BCUT2D eigenvalue weighted by Gasteiger charge is -2.47. The summed E-state index contributed by atoms with van der Waals surface area (Å²) in [7, 11) is 0. The van der Waals surface area contributed by atoms with Crippen LogP contribution >= 0.6 is 0 Å². The van der Waals surface area contributed by atoms with Crippen LogP contribution in [0.25, 0.3) is 0 Å². The smallest absolute Gasteiger partial charge is 0.0247 e. The van der Waals surface area contributed by atoms with Gasteiger partial charge in [0.1, 0.15) is 0 Å². The van der Waals surface area contributed by atoms with Crippen molar-refractivity contribution in [3.63, 3.8) is 0 Å². The maximum atomic E-state index is 3.76. The highest BCUT2D eigenvalue weighted by Crippen LogP contribution is 2.24. The van der Waals surface area contributed by atoms with Crippen molar-refractivity contribution in [2.75, 3.05) is 13.1 Å². The van der Waals surface area contributed by atoms with E-state index >= 15 is 0 Å². The molecule has 19 heavy (non-hydrogen) atoms. The molecule has 2 heteroatoms. The lowest BCUT2D eigenvalue weighted by Crippen LogP contribution is -2.61. The quantitative estimate of drug-likeness (QED) is 0.789. The number of hydrogen-bond acceptors (Lipinski definition) is 2. The van der Waals surface area contributed by atoms with Gasteiger partial charge in [0, 0.05) is 31.2 Å². The summed E-state index contributed by atoms with van der Waals surface area (Å²) >= 11 is 0. The summed E-state index contributed by atoms with van der Waals surface area (Å²) < 4.78 is 0. The Morgan fingerprint density at radius 2 is 1.68 bits per heavy atom. The van der Waals surface area contributed by atoms with Gasteiger partial charge < -0.3 is 5.32 Å². The SMILES string of the molecule is CCC(C)CC(C)N1CC(C(C)C)NCC1C(C)C. The van der Waals surface area contributed by atoms with Gasteiger partial charge in [-0.05, 0) is 31.1 Å². The fourth-order valence-electron chi connectivity index (χ4n) is 3.27. The van der Waals surface area contributed by atoms with Crippen LogP contribution in [-0.4, -0.2) is 36.1 Å². The van der Waals surface area contributed by atoms with E-state index in [9.17, 15) is 0 Å². The van der Waals surface area contributed by atoms with Gasteiger partial charge in [0.15, 0.2) is 0 Å². The molecule has 114 valence electrons. The summed E-state index contributed by atoms with van der Waals surface area (Å²) in [5.41, 5.74) is 0. The Morgan fingerprint density at radius 1 is 1.05 bits per heavy atom. The van der Waals surface area contributed by atoms with Gasteiger partial charge in [0.05, 0.1) is 0 Å². The molecule has 0 bridgehead atoms. The molecule has 0 aromatic heterocycles. The molecule has 1 heterocycles. The Labute approximate surface area is 121 Å². The molecule has 4 unspecified atom stereocenters. The topological polar surface area (TPSA) is 15.3 Å². The van der Waals surface area contributed by atoms with E-state index in [0.717, 1.165) is 24.3 Å². The van der Waals surface area contributed by atoms with Crippen LogP contribution in [0.1, 0.15) is 61.3 Å². The van der Waals surface area contributed by atoms with Crippen molar-refractivity contribution in [1.29, 1.82) is 0 Å². The molecule has 0 amide bonds. The second-order valence-electron chi connectivity index (χ2n) is 7.37. The van der Waals surface area contributed by atoms with Gasteiger partial charge in [-0.1, -0.05) is 48.0 Å². The first-order chi connectivity index (χ1) is 8.86. The van der Waals surface area contributed by atoms with Crippen molar-refractivity contribution in [2.24, 2.45) is 17.8 Å². The van der Waals surface area contributed by atoms with E-state index in [2.05, 4.69) is 58.7 Å². The van der Waals surface area contributed by atoms with Crippen LogP contribution in [0.15, 0.2) is 0 Å². The van der Waals surface area contributed by atoms with Crippen LogP contribution in [0, 0.1) is 17.8 Å². The fourth-order valence-corrected chi connectivity index (χ4v) is 3.27. The highest BCUT2D eigenvalue weighted by molar-refractivity contribution is 4.91. The average molecular weight is 268 g/mol. The zero-order chi connectivity index (χ0) is 14.6. The van der Waals surface area contributed by atoms with E-state index in [-0.39, 0.29) is 0 Å². The fraction of sp³-hybridized carbons (Fsp3) is 1.00. The lowest BCUT2D eigenvalue weighted by atomic mass is 9.90.